The number of thiophene rings is 1. The van der Waals surface area contributed by atoms with Gasteiger partial charge in [0, 0.05) is 53.7 Å². The summed E-state index contributed by atoms with van der Waals surface area (Å²) in [7, 11) is 0. The van der Waals surface area contributed by atoms with E-state index in [2.05, 4.69) is 162 Å². The molecule has 0 radical (unpaired) electrons. The molecule has 4 heterocycles. The van der Waals surface area contributed by atoms with E-state index >= 15 is 0 Å². The van der Waals surface area contributed by atoms with Gasteiger partial charge in [-0.2, -0.15) is 0 Å². The highest BCUT2D eigenvalue weighted by molar-refractivity contribution is 7.26. The predicted octanol–water partition coefficient (Wildman–Crippen LogP) is 14.5. The number of hydrogen-bond acceptors (Lipinski definition) is 5. The fourth-order valence-electron chi connectivity index (χ4n) is 9.02. The van der Waals surface area contributed by atoms with Gasteiger partial charge in [0.1, 0.15) is 11.2 Å². The topological polar surface area (TPSA) is 56.7 Å². The lowest BCUT2D eigenvalue weighted by Crippen LogP contribution is -2.04. The van der Waals surface area contributed by atoms with Gasteiger partial charge in [0.2, 0.25) is 0 Å². The van der Waals surface area contributed by atoms with Crippen molar-refractivity contribution in [3.8, 4) is 39.9 Å². The normalized spacial score (nSPS) is 12.1. The molecular weight excluding hydrogens is 741 g/mol. The van der Waals surface area contributed by atoms with Crippen molar-refractivity contribution >= 4 is 96.8 Å². The second-order valence-corrected chi connectivity index (χ2v) is 16.2. The number of rotatable bonds is 4. The molecule has 0 N–H and O–H groups in total. The molecular formula is C53H30N4OS. The van der Waals surface area contributed by atoms with E-state index in [1.807, 2.05) is 35.6 Å². The quantitative estimate of drug-likeness (QED) is 0.179. The Kier molecular flexibility index (Phi) is 6.82. The van der Waals surface area contributed by atoms with Gasteiger partial charge < -0.3 is 8.98 Å². The third kappa shape index (κ3) is 4.94. The first kappa shape index (κ1) is 32.4. The molecule has 0 saturated heterocycles. The number of aromatic nitrogens is 4. The van der Waals surface area contributed by atoms with Crippen LogP contribution in [-0.2, 0) is 0 Å². The fourth-order valence-corrected chi connectivity index (χ4v) is 10.3. The summed E-state index contributed by atoms with van der Waals surface area (Å²) in [6.07, 6.45) is 0. The summed E-state index contributed by atoms with van der Waals surface area (Å²) in [5, 5.41) is 11.6. The van der Waals surface area contributed by atoms with E-state index in [1.54, 1.807) is 0 Å². The summed E-state index contributed by atoms with van der Waals surface area (Å²) in [4.78, 5) is 16.1. The molecule has 0 aliphatic carbocycles. The summed E-state index contributed by atoms with van der Waals surface area (Å²) >= 11 is 1.82. The molecule has 5 nitrogen and oxygen atoms in total. The predicted molar refractivity (Wildman–Crippen MR) is 246 cm³/mol. The molecule has 0 unspecified atom stereocenters. The molecule has 0 saturated carbocycles. The van der Waals surface area contributed by atoms with Crippen LogP contribution < -0.4 is 0 Å². The zero-order chi connectivity index (χ0) is 38.6. The Bertz CT molecular complexity index is 3870. The minimum Gasteiger partial charge on any atom is -0.456 e. The molecule has 4 aromatic heterocycles. The van der Waals surface area contributed by atoms with E-state index in [0.29, 0.717) is 17.5 Å². The molecule has 13 aromatic rings. The van der Waals surface area contributed by atoms with E-state index in [4.69, 9.17) is 19.4 Å². The van der Waals surface area contributed by atoms with E-state index in [0.717, 1.165) is 60.7 Å². The van der Waals surface area contributed by atoms with Crippen molar-refractivity contribution in [2.45, 2.75) is 0 Å². The average molecular weight is 771 g/mol. The zero-order valence-corrected chi connectivity index (χ0v) is 32.2. The Morgan fingerprint density at radius 3 is 1.86 bits per heavy atom. The maximum atomic E-state index is 6.24. The average Bonchev–Trinajstić information content (AvgIpc) is 3.97. The lowest BCUT2D eigenvalue weighted by Gasteiger charge is -2.16. The third-order valence-electron chi connectivity index (χ3n) is 11.8. The molecule has 9 aromatic carbocycles. The monoisotopic (exact) mass is 770 g/mol. The molecule has 0 spiro atoms. The second kappa shape index (κ2) is 12.4. The molecule has 0 aliphatic rings. The van der Waals surface area contributed by atoms with E-state index < -0.39 is 0 Å². The van der Waals surface area contributed by atoms with Crippen LogP contribution in [-0.4, -0.2) is 19.5 Å². The number of hydrogen-bond donors (Lipinski definition) is 0. The van der Waals surface area contributed by atoms with Gasteiger partial charge in [0.25, 0.3) is 0 Å². The second-order valence-electron chi connectivity index (χ2n) is 15.2. The van der Waals surface area contributed by atoms with Crippen LogP contribution in [0.2, 0.25) is 0 Å². The van der Waals surface area contributed by atoms with E-state index in [9.17, 15) is 0 Å². The molecule has 0 amide bonds. The van der Waals surface area contributed by atoms with Gasteiger partial charge in [0.05, 0.1) is 21.4 Å². The van der Waals surface area contributed by atoms with Crippen LogP contribution in [0.5, 0.6) is 0 Å². The van der Waals surface area contributed by atoms with Gasteiger partial charge in [0.15, 0.2) is 17.5 Å². The standard InChI is InChI=1S/C53H30N4OS/c1-2-12-32-27-35(22-21-31(32)11-1)51-54-52(36-23-26-47-43(29-36)38-16-6-9-19-46(38)58-47)56-53(55-51)41-25-24-40-39-17-7-10-20-48(39)59-50(40)49(41)57-44-18-8-5-15-37(44)42-28-33-13-3-4-14-34(33)30-45(42)57/h1-30H. The molecule has 0 bridgehead atoms. The molecule has 13 rings (SSSR count). The Balaban J connectivity index is 1.15. The smallest absolute Gasteiger partial charge is 0.166 e. The van der Waals surface area contributed by atoms with Gasteiger partial charge in [-0.15, -0.1) is 11.3 Å². The van der Waals surface area contributed by atoms with E-state index in [1.165, 1.54) is 47.1 Å². The van der Waals surface area contributed by atoms with Crippen molar-refractivity contribution in [2.24, 2.45) is 0 Å². The first-order chi connectivity index (χ1) is 29.2. The fraction of sp³-hybridized carbons (Fsp3) is 0. The molecule has 0 atom stereocenters. The highest BCUT2D eigenvalue weighted by atomic mass is 32.1. The maximum Gasteiger partial charge on any atom is 0.166 e. The van der Waals surface area contributed by atoms with Crippen molar-refractivity contribution in [3.05, 3.63) is 182 Å². The number of furan rings is 1. The molecule has 0 fully saturated rings. The number of fused-ring (bicyclic) bond motifs is 11. The third-order valence-corrected chi connectivity index (χ3v) is 13.0. The lowest BCUT2D eigenvalue weighted by atomic mass is 10.0. The zero-order valence-electron chi connectivity index (χ0n) is 31.4. The van der Waals surface area contributed by atoms with Crippen LogP contribution in [0.1, 0.15) is 0 Å². The van der Waals surface area contributed by atoms with Crippen LogP contribution in [0.15, 0.2) is 186 Å². The lowest BCUT2D eigenvalue weighted by molar-refractivity contribution is 0.669. The van der Waals surface area contributed by atoms with Crippen molar-refractivity contribution < 1.29 is 4.42 Å². The number of nitrogens with zero attached hydrogens (tertiary/aromatic N) is 4. The Labute approximate surface area is 341 Å². The minimum absolute atomic E-state index is 0.598. The summed E-state index contributed by atoms with van der Waals surface area (Å²) < 4.78 is 11.1. The van der Waals surface area contributed by atoms with Gasteiger partial charge in [-0.05, 0) is 82.2 Å². The van der Waals surface area contributed by atoms with Crippen molar-refractivity contribution in [3.63, 3.8) is 0 Å². The van der Waals surface area contributed by atoms with Gasteiger partial charge in [-0.1, -0.05) is 121 Å². The number of benzene rings is 9. The summed E-state index contributed by atoms with van der Waals surface area (Å²) in [6.45, 7) is 0. The SMILES string of the molecule is c1ccc2cc(-c3nc(-c4ccc5oc6ccccc6c5c4)nc(-c4ccc5c(sc6ccccc65)c4-n4c5ccccc5c5cc6ccccc6cc54)n3)ccc2c1. The number of para-hydroxylation sites is 2. The van der Waals surface area contributed by atoms with E-state index in [-0.39, 0.29) is 0 Å². The van der Waals surface area contributed by atoms with Crippen LogP contribution in [0, 0.1) is 0 Å². The Hall–Kier alpha value is -7.67. The van der Waals surface area contributed by atoms with Gasteiger partial charge >= 0.3 is 0 Å². The summed E-state index contributed by atoms with van der Waals surface area (Å²) in [5.74, 6) is 1.82. The van der Waals surface area contributed by atoms with Crippen molar-refractivity contribution in [1.82, 2.24) is 19.5 Å². The molecule has 6 heteroatoms. The minimum atomic E-state index is 0.598. The van der Waals surface area contributed by atoms with Gasteiger partial charge in [-0.25, -0.2) is 15.0 Å². The van der Waals surface area contributed by atoms with Crippen molar-refractivity contribution in [1.29, 1.82) is 0 Å². The first-order valence-corrected chi connectivity index (χ1v) is 20.6. The Morgan fingerprint density at radius 1 is 0.390 bits per heavy atom. The van der Waals surface area contributed by atoms with Crippen molar-refractivity contribution in [2.75, 3.05) is 0 Å². The van der Waals surface area contributed by atoms with Crippen LogP contribution in [0.25, 0.3) is 125 Å². The summed E-state index contributed by atoms with van der Waals surface area (Å²) in [6, 6.07) is 64.5. The highest BCUT2D eigenvalue weighted by Gasteiger charge is 2.24. The van der Waals surface area contributed by atoms with Gasteiger partial charge in [-0.3, -0.25) is 0 Å². The largest absolute Gasteiger partial charge is 0.456 e. The molecule has 274 valence electrons. The Morgan fingerprint density at radius 2 is 1.02 bits per heavy atom. The first-order valence-electron chi connectivity index (χ1n) is 19.8. The van der Waals surface area contributed by atoms with Crippen LogP contribution >= 0.6 is 11.3 Å². The maximum absolute atomic E-state index is 6.24. The summed E-state index contributed by atoms with van der Waals surface area (Å²) in [5.41, 5.74) is 7.76. The van der Waals surface area contributed by atoms with Crippen LogP contribution in [0.3, 0.4) is 0 Å². The van der Waals surface area contributed by atoms with Crippen LogP contribution in [0.4, 0.5) is 0 Å². The molecule has 0 aliphatic heterocycles. The highest BCUT2D eigenvalue weighted by Crippen LogP contribution is 2.45. The molecule has 59 heavy (non-hydrogen) atoms.